The van der Waals surface area contributed by atoms with Crippen LogP contribution in [-0.2, 0) is 19.6 Å². The predicted octanol–water partition coefficient (Wildman–Crippen LogP) is 1.16. The molecule has 1 saturated carbocycles. The van der Waals surface area contributed by atoms with Gasteiger partial charge in [0.05, 0.1) is 17.5 Å². The van der Waals surface area contributed by atoms with Gasteiger partial charge in [-0.25, -0.2) is 13.2 Å². The van der Waals surface area contributed by atoms with Gasteiger partial charge in [-0.3, -0.25) is 4.90 Å². The molecule has 8 nitrogen and oxygen atoms in total. The Kier molecular flexibility index (Phi) is 4.17. The van der Waals surface area contributed by atoms with Crippen LogP contribution in [0.3, 0.4) is 0 Å². The van der Waals surface area contributed by atoms with Crippen LogP contribution in [-0.4, -0.2) is 72.5 Å². The second-order valence-electron chi connectivity index (χ2n) is 9.37. The molecule has 3 saturated heterocycles. The summed E-state index contributed by atoms with van der Waals surface area (Å²) in [7, 11) is -3.93. The average Bonchev–Trinajstić information content (AvgIpc) is 3.13. The zero-order valence-corrected chi connectivity index (χ0v) is 17.8. The normalized spacial score (nSPS) is 40.2. The number of aliphatic hydroxyl groups excluding tert-OH is 1. The number of carbonyl (C=O) groups is 2. The number of hydrogen-bond donors (Lipinski definition) is 1. The first-order valence-corrected chi connectivity index (χ1v) is 11.8. The van der Waals surface area contributed by atoms with Gasteiger partial charge in [0.1, 0.15) is 11.8 Å². The van der Waals surface area contributed by atoms with Crippen molar-refractivity contribution < 1.29 is 27.9 Å². The van der Waals surface area contributed by atoms with Gasteiger partial charge in [0.2, 0.25) is 10.0 Å². The van der Waals surface area contributed by atoms with Gasteiger partial charge in [0.25, 0.3) is 0 Å². The van der Waals surface area contributed by atoms with Crippen LogP contribution in [0.5, 0.6) is 0 Å². The first-order chi connectivity index (χ1) is 14.2. The third-order valence-electron chi connectivity index (χ3n) is 7.80. The molecule has 0 radical (unpaired) electrons. The second-order valence-corrected chi connectivity index (χ2v) is 11.3. The van der Waals surface area contributed by atoms with E-state index in [0.29, 0.717) is 19.4 Å². The van der Waals surface area contributed by atoms with Crippen molar-refractivity contribution in [3.05, 3.63) is 29.8 Å². The number of aryl methyl sites for hydroxylation is 1. The molecule has 3 heterocycles. The summed E-state index contributed by atoms with van der Waals surface area (Å²) in [6.07, 6.45) is 0.518. The molecule has 4 bridgehead atoms. The Morgan fingerprint density at radius 2 is 2.00 bits per heavy atom. The molecule has 0 aromatic heterocycles. The van der Waals surface area contributed by atoms with Gasteiger partial charge in [-0.15, -0.1) is 0 Å². The van der Waals surface area contributed by atoms with Crippen LogP contribution in [0.4, 0.5) is 4.79 Å². The van der Waals surface area contributed by atoms with E-state index in [0.717, 1.165) is 11.8 Å². The fraction of sp³-hybridized carbons (Fsp3) is 0.619. The van der Waals surface area contributed by atoms with Gasteiger partial charge < -0.3 is 14.6 Å². The molecule has 3 aliphatic heterocycles. The molecule has 30 heavy (non-hydrogen) atoms. The van der Waals surface area contributed by atoms with Crippen molar-refractivity contribution in [1.29, 1.82) is 0 Å². The van der Waals surface area contributed by atoms with Gasteiger partial charge in [-0.2, -0.15) is 4.31 Å². The van der Waals surface area contributed by atoms with Crippen LogP contribution in [0.15, 0.2) is 29.2 Å². The number of sulfonamides is 1. The molecular formula is C21H26N2O6S. The molecule has 4 aliphatic rings. The highest BCUT2D eigenvalue weighted by Crippen LogP contribution is 2.63. The number of hydrogen-bond acceptors (Lipinski definition) is 6. The smallest absolute Gasteiger partial charge is 0.410 e. The van der Waals surface area contributed by atoms with Crippen molar-refractivity contribution in [3.63, 3.8) is 0 Å². The summed E-state index contributed by atoms with van der Waals surface area (Å²) in [4.78, 5) is 26.9. The molecule has 1 aliphatic carbocycles. The molecule has 1 aromatic rings. The number of amides is 1. The highest BCUT2D eigenvalue weighted by Gasteiger charge is 2.77. The SMILES string of the molecule is Cc1ccc(S(=O)(=O)N2CC[C@H]3[C@@H]4CN5C(=O)O[C@@H](CO)[C@]35[C@H]2[C@@](C)(C=O)C4)cc1. The first kappa shape index (κ1) is 20.0. The summed E-state index contributed by atoms with van der Waals surface area (Å²) < 4.78 is 34.4. The summed E-state index contributed by atoms with van der Waals surface area (Å²) >= 11 is 0. The number of aliphatic hydroxyl groups is 1. The molecule has 1 N–H and O–H groups in total. The van der Waals surface area contributed by atoms with Crippen molar-refractivity contribution in [2.45, 2.75) is 49.3 Å². The Labute approximate surface area is 175 Å². The van der Waals surface area contributed by atoms with Crippen LogP contribution in [0.2, 0.25) is 0 Å². The lowest BCUT2D eigenvalue weighted by molar-refractivity contribution is -0.139. The number of carbonyl (C=O) groups excluding carboxylic acids is 2. The molecule has 0 unspecified atom stereocenters. The Morgan fingerprint density at radius 3 is 2.63 bits per heavy atom. The topological polar surface area (TPSA) is 104 Å². The third-order valence-corrected chi connectivity index (χ3v) is 9.68. The third kappa shape index (κ3) is 2.26. The van der Waals surface area contributed by atoms with Crippen LogP contribution >= 0.6 is 0 Å². The fourth-order valence-corrected chi connectivity index (χ4v) is 8.57. The lowest BCUT2D eigenvalue weighted by Gasteiger charge is -2.60. The van der Waals surface area contributed by atoms with Crippen molar-refractivity contribution in [3.8, 4) is 0 Å². The van der Waals surface area contributed by atoms with E-state index in [1.807, 2.05) is 6.92 Å². The molecule has 1 amide bonds. The molecule has 1 spiro atoms. The van der Waals surface area contributed by atoms with E-state index in [1.54, 1.807) is 36.1 Å². The summed E-state index contributed by atoms with van der Waals surface area (Å²) in [5.74, 6) is 0.0752. The maximum Gasteiger partial charge on any atom is 0.410 e. The van der Waals surface area contributed by atoms with Crippen molar-refractivity contribution in [1.82, 2.24) is 9.21 Å². The van der Waals surface area contributed by atoms with E-state index in [1.165, 1.54) is 4.31 Å². The van der Waals surface area contributed by atoms with Crippen molar-refractivity contribution in [2.24, 2.45) is 17.3 Å². The van der Waals surface area contributed by atoms with Gasteiger partial charge in [0, 0.05) is 18.5 Å². The van der Waals surface area contributed by atoms with E-state index in [4.69, 9.17) is 4.74 Å². The minimum absolute atomic E-state index is 0.0106. The standard InChI is InChI=1S/C21H26N2O6S/c1-13-3-5-15(6-4-13)30(27,28)23-8-7-16-14-9-20(2,12-25)18(23)21(16)17(11-24)29-19(26)22(21)10-14/h3-6,12,14,16-18,24H,7-11H2,1-2H3/t14-,16-,17-,18+,20+,21-/m0/s1. The predicted molar refractivity (Wildman–Crippen MR) is 106 cm³/mol. The summed E-state index contributed by atoms with van der Waals surface area (Å²) in [5, 5.41) is 10.1. The van der Waals surface area contributed by atoms with E-state index < -0.39 is 45.8 Å². The number of ether oxygens (including phenoxy) is 1. The van der Waals surface area contributed by atoms with Crippen LogP contribution in [0.1, 0.15) is 25.3 Å². The van der Waals surface area contributed by atoms with E-state index in [9.17, 15) is 23.1 Å². The number of nitrogens with zero attached hydrogens (tertiary/aromatic N) is 2. The van der Waals surface area contributed by atoms with Crippen LogP contribution in [0.25, 0.3) is 0 Å². The summed E-state index contributed by atoms with van der Waals surface area (Å²) in [6.45, 7) is 3.95. The van der Waals surface area contributed by atoms with E-state index >= 15 is 0 Å². The van der Waals surface area contributed by atoms with E-state index in [-0.39, 0.29) is 23.3 Å². The largest absolute Gasteiger partial charge is 0.441 e. The van der Waals surface area contributed by atoms with Gasteiger partial charge in [-0.1, -0.05) is 24.6 Å². The van der Waals surface area contributed by atoms with Gasteiger partial charge in [-0.05, 0) is 43.7 Å². The lowest BCUT2D eigenvalue weighted by Crippen LogP contribution is -2.75. The molecule has 9 heteroatoms. The second kappa shape index (κ2) is 6.27. The molecular weight excluding hydrogens is 408 g/mol. The monoisotopic (exact) mass is 434 g/mol. The Morgan fingerprint density at radius 1 is 1.30 bits per heavy atom. The van der Waals surface area contributed by atoms with E-state index in [2.05, 4.69) is 0 Å². The van der Waals surface area contributed by atoms with Crippen LogP contribution < -0.4 is 0 Å². The number of cyclic esters (lactones) is 1. The Hall–Kier alpha value is -1.97. The molecule has 6 atom stereocenters. The fourth-order valence-electron chi connectivity index (χ4n) is 6.78. The van der Waals surface area contributed by atoms with Gasteiger partial charge in [0.15, 0.2) is 6.10 Å². The maximum absolute atomic E-state index is 13.7. The number of aldehydes is 1. The summed E-state index contributed by atoms with van der Waals surface area (Å²) in [6, 6.07) is 5.84. The maximum atomic E-state index is 13.7. The van der Waals surface area contributed by atoms with Crippen molar-refractivity contribution >= 4 is 22.4 Å². The average molecular weight is 435 g/mol. The quantitative estimate of drug-likeness (QED) is 0.714. The van der Waals surface area contributed by atoms with Gasteiger partial charge >= 0.3 is 6.09 Å². The van der Waals surface area contributed by atoms with Crippen LogP contribution in [0, 0.1) is 24.2 Å². The Balaban J connectivity index is 1.71. The zero-order chi connectivity index (χ0) is 21.5. The molecule has 4 fully saturated rings. The minimum atomic E-state index is -3.93. The number of rotatable bonds is 4. The summed E-state index contributed by atoms with van der Waals surface area (Å²) in [5.41, 5.74) is -1.07. The lowest BCUT2D eigenvalue weighted by atomic mass is 9.53. The zero-order valence-electron chi connectivity index (χ0n) is 17.0. The molecule has 1 aromatic carbocycles. The molecule has 5 rings (SSSR count). The van der Waals surface area contributed by atoms with Crippen molar-refractivity contribution in [2.75, 3.05) is 19.7 Å². The minimum Gasteiger partial charge on any atom is -0.441 e. The highest BCUT2D eigenvalue weighted by atomic mass is 32.2. The highest BCUT2D eigenvalue weighted by molar-refractivity contribution is 7.89. The number of benzene rings is 1. The first-order valence-electron chi connectivity index (χ1n) is 10.3. The molecule has 162 valence electrons. The number of piperidine rings is 1. The Bertz CT molecular complexity index is 1010.